The van der Waals surface area contributed by atoms with Crippen LogP contribution in [0.4, 0.5) is 0 Å². The first-order valence-electron chi connectivity index (χ1n) is 8.87. The zero-order chi connectivity index (χ0) is 14.5. The fraction of sp³-hybridized carbons (Fsp3) is 0.684. The number of benzene rings is 1. The van der Waals surface area contributed by atoms with E-state index in [0.29, 0.717) is 0 Å². The van der Waals surface area contributed by atoms with Gasteiger partial charge in [-0.05, 0) is 62.2 Å². The third-order valence-corrected chi connectivity index (χ3v) is 4.98. The van der Waals surface area contributed by atoms with Crippen LogP contribution in [0, 0.1) is 5.92 Å². The average Bonchev–Trinajstić information content (AvgIpc) is 3.21. The molecule has 1 saturated carbocycles. The topological polar surface area (TPSA) is 15.3 Å². The number of rotatable bonds is 8. The normalized spacial score (nSPS) is 22.8. The Morgan fingerprint density at radius 2 is 1.95 bits per heavy atom. The van der Waals surface area contributed by atoms with E-state index in [4.69, 9.17) is 0 Å². The number of nitrogens with one attached hydrogen (secondary N) is 1. The van der Waals surface area contributed by atoms with Crippen molar-refractivity contribution < 1.29 is 0 Å². The van der Waals surface area contributed by atoms with Crippen molar-refractivity contribution in [2.75, 3.05) is 19.6 Å². The van der Waals surface area contributed by atoms with Gasteiger partial charge in [0.2, 0.25) is 0 Å². The predicted molar refractivity (Wildman–Crippen MR) is 89.5 cm³/mol. The van der Waals surface area contributed by atoms with Gasteiger partial charge in [-0.2, -0.15) is 0 Å². The minimum absolute atomic E-state index is 0.825. The van der Waals surface area contributed by atoms with Gasteiger partial charge in [0, 0.05) is 19.1 Å². The zero-order valence-electron chi connectivity index (χ0n) is 13.5. The van der Waals surface area contributed by atoms with Gasteiger partial charge in [0.15, 0.2) is 0 Å². The lowest BCUT2D eigenvalue weighted by Crippen LogP contribution is -2.23. The predicted octanol–water partition coefficient (Wildman–Crippen LogP) is 3.60. The molecule has 2 aliphatic rings. The van der Waals surface area contributed by atoms with Crippen LogP contribution in [0.25, 0.3) is 0 Å². The van der Waals surface area contributed by atoms with Crippen molar-refractivity contribution in [2.24, 2.45) is 5.92 Å². The largest absolute Gasteiger partial charge is 0.314 e. The van der Waals surface area contributed by atoms with Crippen molar-refractivity contribution in [3.05, 3.63) is 35.4 Å². The molecule has 2 heteroatoms. The molecule has 1 aliphatic carbocycles. The lowest BCUT2D eigenvalue weighted by molar-refractivity contribution is 0.312. The molecular formula is C19H30N2. The summed E-state index contributed by atoms with van der Waals surface area (Å²) in [5.74, 6) is 0.943. The molecule has 1 aliphatic heterocycles. The highest BCUT2D eigenvalue weighted by Gasteiger charge is 2.22. The van der Waals surface area contributed by atoms with E-state index in [1.165, 1.54) is 51.6 Å². The highest BCUT2D eigenvalue weighted by Crippen LogP contribution is 2.24. The molecule has 0 amide bonds. The summed E-state index contributed by atoms with van der Waals surface area (Å²) in [5, 5.41) is 3.64. The van der Waals surface area contributed by atoms with Crippen LogP contribution in [0.1, 0.15) is 50.2 Å². The highest BCUT2D eigenvalue weighted by atomic mass is 15.1. The molecule has 1 heterocycles. The maximum atomic E-state index is 3.64. The van der Waals surface area contributed by atoms with E-state index in [0.717, 1.165) is 25.0 Å². The van der Waals surface area contributed by atoms with Crippen LogP contribution >= 0.6 is 0 Å². The van der Waals surface area contributed by atoms with Crippen LogP contribution in [0.2, 0.25) is 0 Å². The van der Waals surface area contributed by atoms with Crippen LogP contribution in [-0.2, 0) is 13.0 Å². The Hall–Kier alpha value is -0.860. The Morgan fingerprint density at radius 1 is 1.14 bits per heavy atom. The molecule has 1 saturated heterocycles. The first-order chi connectivity index (χ1) is 10.3. The molecule has 0 aromatic heterocycles. The number of nitrogens with zero attached hydrogens (tertiary/aromatic N) is 1. The number of hydrogen-bond donors (Lipinski definition) is 1. The maximum Gasteiger partial charge on any atom is 0.0236 e. The fourth-order valence-corrected chi connectivity index (χ4v) is 3.60. The van der Waals surface area contributed by atoms with E-state index in [1.54, 1.807) is 11.1 Å². The van der Waals surface area contributed by atoms with E-state index < -0.39 is 0 Å². The summed E-state index contributed by atoms with van der Waals surface area (Å²) in [6, 6.07) is 9.88. The molecule has 3 rings (SSSR count). The summed E-state index contributed by atoms with van der Waals surface area (Å²) in [6.07, 6.45) is 8.09. The molecule has 0 spiro atoms. The standard InChI is InChI=1S/C19H30N2/c1-2-5-16-11-13-21(14-16)15-18-7-4-3-6-17(18)10-12-20-19-8-9-19/h3-4,6-7,16,19-20H,2,5,8-15H2,1H3. The monoisotopic (exact) mass is 286 g/mol. The van der Waals surface area contributed by atoms with Gasteiger partial charge in [-0.15, -0.1) is 0 Å². The summed E-state index contributed by atoms with van der Waals surface area (Å²) < 4.78 is 0. The Bertz CT molecular complexity index is 439. The van der Waals surface area contributed by atoms with E-state index in [2.05, 4.69) is 41.4 Å². The van der Waals surface area contributed by atoms with Crippen molar-refractivity contribution in [2.45, 2.75) is 58.0 Å². The molecule has 1 aromatic carbocycles. The Labute approximate surface area is 129 Å². The van der Waals surface area contributed by atoms with E-state index in [-0.39, 0.29) is 0 Å². The van der Waals surface area contributed by atoms with Gasteiger partial charge in [-0.25, -0.2) is 0 Å². The van der Waals surface area contributed by atoms with Gasteiger partial charge < -0.3 is 5.32 Å². The van der Waals surface area contributed by atoms with E-state index in [9.17, 15) is 0 Å². The van der Waals surface area contributed by atoms with Gasteiger partial charge in [0.05, 0.1) is 0 Å². The van der Waals surface area contributed by atoms with E-state index >= 15 is 0 Å². The first kappa shape index (κ1) is 15.1. The minimum atomic E-state index is 0.825. The Morgan fingerprint density at radius 3 is 2.71 bits per heavy atom. The van der Waals surface area contributed by atoms with Crippen molar-refractivity contribution in [1.82, 2.24) is 10.2 Å². The van der Waals surface area contributed by atoms with Gasteiger partial charge in [0.1, 0.15) is 0 Å². The lowest BCUT2D eigenvalue weighted by Gasteiger charge is -2.18. The highest BCUT2D eigenvalue weighted by molar-refractivity contribution is 5.27. The van der Waals surface area contributed by atoms with Crippen LogP contribution < -0.4 is 5.32 Å². The molecule has 0 radical (unpaired) electrons. The molecule has 2 nitrogen and oxygen atoms in total. The summed E-state index contributed by atoms with van der Waals surface area (Å²) in [5.41, 5.74) is 3.09. The molecule has 116 valence electrons. The van der Waals surface area contributed by atoms with Crippen molar-refractivity contribution in [3.63, 3.8) is 0 Å². The average molecular weight is 286 g/mol. The smallest absolute Gasteiger partial charge is 0.0236 e. The third-order valence-electron chi connectivity index (χ3n) is 4.98. The summed E-state index contributed by atoms with van der Waals surface area (Å²) in [6.45, 7) is 7.20. The summed E-state index contributed by atoms with van der Waals surface area (Å²) in [4.78, 5) is 2.66. The SMILES string of the molecule is CCCC1CCN(Cc2ccccc2CCNC2CC2)C1. The number of likely N-dealkylation sites (tertiary alicyclic amines) is 1. The van der Waals surface area contributed by atoms with Gasteiger partial charge in [-0.1, -0.05) is 37.6 Å². The van der Waals surface area contributed by atoms with Crippen molar-refractivity contribution in [1.29, 1.82) is 0 Å². The fourth-order valence-electron chi connectivity index (χ4n) is 3.60. The molecule has 0 bridgehead atoms. The van der Waals surface area contributed by atoms with Gasteiger partial charge in [0.25, 0.3) is 0 Å². The quantitative estimate of drug-likeness (QED) is 0.785. The molecule has 21 heavy (non-hydrogen) atoms. The Kier molecular flexibility index (Phi) is 5.32. The van der Waals surface area contributed by atoms with Crippen LogP contribution in [0.5, 0.6) is 0 Å². The van der Waals surface area contributed by atoms with Crippen LogP contribution in [0.15, 0.2) is 24.3 Å². The second-order valence-electron chi connectivity index (χ2n) is 6.93. The summed E-state index contributed by atoms with van der Waals surface area (Å²) in [7, 11) is 0. The van der Waals surface area contributed by atoms with Crippen LogP contribution in [-0.4, -0.2) is 30.6 Å². The molecule has 1 aromatic rings. The summed E-state index contributed by atoms with van der Waals surface area (Å²) >= 11 is 0. The Balaban J connectivity index is 1.52. The maximum absolute atomic E-state index is 3.64. The van der Waals surface area contributed by atoms with Crippen LogP contribution in [0.3, 0.4) is 0 Å². The van der Waals surface area contributed by atoms with Crippen molar-refractivity contribution >= 4 is 0 Å². The molecule has 1 atom stereocenters. The zero-order valence-corrected chi connectivity index (χ0v) is 13.5. The minimum Gasteiger partial charge on any atom is -0.314 e. The number of hydrogen-bond acceptors (Lipinski definition) is 2. The third kappa shape index (κ3) is 4.55. The lowest BCUT2D eigenvalue weighted by atomic mass is 10.0. The molecule has 2 fully saturated rings. The molecule has 1 unspecified atom stereocenters. The van der Waals surface area contributed by atoms with Gasteiger partial charge >= 0.3 is 0 Å². The van der Waals surface area contributed by atoms with Crippen molar-refractivity contribution in [3.8, 4) is 0 Å². The molecular weight excluding hydrogens is 256 g/mol. The first-order valence-corrected chi connectivity index (χ1v) is 8.87. The second kappa shape index (κ2) is 7.42. The van der Waals surface area contributed by atoms with Gasteiger partial charge in [-0.3, -0.25) is 4.90 Å². The molecule has 1 N–H and O–H groups in total. The second-order valence-corrected chi connectivity index (χ2v) is 6.93. The van der Waals surface area contributed by atoms with E-state index in [1.807, 2.05) is 0 Å².